The Morgan fingerprint density at radius 2 is 1.67 bits per heavy atom. The molecule has 1 aromatic carbocycles. The van der Waals surface area contributed by atoms with E-state index in [1.807, 2.05) is 0 Å². The summed E-state index contributed by atoms with van der Waals surface area (Å²) >= 11 is 0. The number of hydrogen-bond acceptors (Lipinski definition) is 3. The van der Waals surface area contributed by atoms with Crippen LogP contribution in [0.1, 0.15) is 5.56 Å². The lowest BCUT2D eigenvalue weighted by Crippen LogP contribution is -2.22. The smallest absolute Gasteiger partial charge is 0.420 e. The fourth-order valence-corrected chi connectivity index (χ4v) is 1.33. The van der Waals surface area contributed by atoms with Crippen molar-refractivity contribution >= 4 is 11.6 Å². The molecule has 1 aromatic rings. The molecule has 18 heavy (non-hydrogen) atoms. The summed E-state index contributed by atoms with van der Waals surface area (Å²) in [5.41, 5.74) is 9.17. The minimum atomic E-state index is -4.58. The van der Waals surface area contributed by atoms with Crippen molar-refractivity contribution in [3.8, 4) is 11.5 Å². The van der Waals surface area contributed by atoms with Gasteiger partial charge in [-0.1, -0.05) is 0 Å². The Morgan fingerprint density at radius 3 is 2.06 bits per heavy atom. The topological polar surface area (TPSA) is 82.9 Å². The van der Waals surface area contributed by atoms with Crippen molar-refractivity contribution in [2.24, 2.45) is 16.5 Å². The van der Waals surface area contributed by atoms with Crippen molar-refractivity contribution in [1.29, 1.82) is 0 Å². The maximum absolute atomic E-state index is 12.8. The van der Waals surface area contributed by atoms with E-state index >= 15 is 0 Å². The molecule has 0 saturated heterocycles. The third kappa shape index (κ3) is 2.96. The molecule has 0 atom stereocenters. The van der Waals surface area contributed by atoms with E-state index in [-0.39, 0.29) is 23.1 Å². The zero-order valence-electron chi connectivity index (χ0n) is 9.71. The van der Waals surface area contributed by atoms with Gasteiger partial charge in [-0.15, -0.1) is 0 Å². The third-order valence-corrected chi connectivity index (χ3v) is 2.06. The Bertz CT molecular complexity index is 468. The predicted octanol–water partition coefficient (Wildman–Crippen LogP) is 1.63. The van der Waals surface area contributed by atoms with Crippen molar-refractivity contribution in [2.45, 2.75) is 6.18 Å². The average molecular weight is 263 g/mol. The zero-order valence-corrected chi connectivity index (χ0v) is 9.71. The minimum absolute atomic E-state index is 0.0771. The SMILES string of the molecule is COc1cc(OC)c(C(F)(F)F)cc1N=C(N)N. The fourth-order valence-electron chi connectivity index (χ4n) is 1.33. The Balaban J connectivity index is 3.49. The van der Waals surface area contributed by atoms with E-state index in [4.69, 9.17) is 16.2 Å². The summed E-state index contributed by atoms with van der Waals surface area (Å²) < 4.78 is 47.8. The van der Waals surface area contributed by atoms with Crippen molar-refractivity contribution < 1.29 is 22.6 Å². The highest BCUT2D eigenvalue weighted by molar-refractivity contribution is 5.80. The Kier molecular flexibility index (Phi) is 3.89. The number of ether oxygens (including phenoxy) is 2. The van der Waals surface area contributed by atoms with Crippen LogP contribution in [0.4, 0.5) is 18.9 Å². The molecule has 0 saturated carbocycles. The lowest BCUT2D eigenvalue weighted by Gasteiger charge is -2.14. The van der Waals surface area contributed by atoms with E-state index in [2.05, 4.69) is 9.73 Å². The molecule has 0 fully saturated rings. The fraction of sp³-hybridized carbons (Fsp3) is 0.300. The monoisotopic (exact) mass is 263 g/mol. The van der Waals surface area contributed by atoms with E-state index in [0.29, 0.717) is 0 Å². The summed E-state index contributed by atoms with van der Waals surface area (Å²) in [7, 11) is 2.41. The second kappa shape index (κ2) is 5.03. The summed E-state index contributed by atoms with van der Waals surface area (Å²) in [4.78, 5) is 3.57. The largest absolute Gasteiger partial charge is 0.496 e. The molecule has 0 amide bonds. The molecule has 0 aromatic heterocycles. The molecular formula is C10H12F3N3O2. The normalized spacial score (nSPS) is 10.9. The number of nitrogens with zero attached hydrogens (tertiary/aromatic N) is 1. The predicted molar refractivity (Wildman–Crippen MR) is 60.0 cm³/mol. The van der Waals surface area contributed by atoms with Gasteiger partial charge in [-0.05, 0) is 6.07 Å². The van der Waals surface area contributed by atoms with Crippen LogP contribution in [0.2, 0.25) is 0 Å². The van der Waals surface area contributed by atoms with Crippen LogP contribution in [-0.2, 0) is 6.18 Å². The van der Waals surface area contributed by atoms with Crippen molar-refractivity contribution in [2.75, 3.05) is 14.2 Å². The molecular weight excluding hydrogens is 251 g/mol. The molecule has 0 aliphatic carbocycles. The summed E-state index contributed by atoms with van der Waals surface area (Å²) in [5.74, 6) is -0.659. The number of methoxy groups -OCH3 is 2. The molecule has 4 N–H and O–H groups in total. The lowest BCUT2D eigenvalue weighted by atomic mass is 10.1. The van der Waals surface area contributed by atoms with Crippen molar-refractivity contribution in [3.05, 3.63) is 17.7 Å². The Morgan fingerprint density at radius 1 is 1.11 bits per heavy atom. The molecule has 0 spiro atoms. The minimum Gasteiger partial charge on any atom is -0.496 e. The van der Waals surface area contributed by atoms with Gasteiger partial charge in [-0.3, -0.25) is 0 Å². The molecule has 1 rings (SSSR count). The first-order chi connectivity index (χ1) is 8.29. The van der Waals surface area contributed by atoms with Crippen LogP contribution in [0.15, 0.2) is 17.1 Å². The van der Waals surface area contributed by atoms with Gasteiger partial charge in [0.05, 0.1) is 19.8 Å². The number of guanidine groups is 1. The number of halogens is 3. The van der Waals surface area contributed by atoms with Crippen molar-refractivity contribution in [1.82, 2.24) is 0 Å². The van der Waals surface area contributed by atoms with E-state index in [0.717, 1.165) is 19.2 Å². The average Bonchev–Trinajstić information content (AvgIpc) is 2.26. The Hall–Kier alpha value is -2.12. The third-order valence-electron chi connectivity index (χ3n) is 2.06. The lowest BCUT2D eigenvalue weighted by molar-refractivity contribution is -0.138. The van der Waals surface area contributed by atoms with Crippen LogP contribution in [0.3, 0.4) is 0 Å². The van der Waals surface area contributed by atoms with Gasteiger partial charge in [0.25, 0.3) is 0 Å². The maximum atomic E-state index is 12.8. The van der Waals surface area contributed by atoms with Crippen LogP contribution in [0.5, 0.6) is 11.5 Å². The van der Waals surface area contributed by atoms with Crippen LogP contribution in [-0.4, -0.2) is 20.2 Å². The standard InChI is InChI=1S/C10H12F3N3O2/c1-17-7-4-8(18-2)6(16-9(14)15)3-5(7)10(11,12)13/h3-4H,1-2H3,(H4,14,15,16). The van der Waals surface area contributed by atoms with Gasteiger partial charge in [0.1, 0.15) is 17.2 Å². The molecule has 0 radical (unpaired) electrons. The van der Waals surface area contributed by atoms with Gasteiger partial charge in [0.2, 0.25) is 0 Å². The van der Waals surface area contributed by atoms with Crippen LogP contribution in [0.25, 0.3) is 0 Å². The molecule has 0 bridgehead atoms. The molecule has 0 unspecified atom stereocenters. The number of rotatable bonds is 3. The van der Waals surface area contributed by atoms with Gasteiger partial charge in [0.15, 0.2) is 5.96 Å². The van der Waals surface area contributed by atoms with Gasteiger partial charge < -0.3 is 20.9 Å². The van der Waals surface area contributed by atoms with Crippen molar-refractivity contribution in [3.63, 3.8) is 0 Å². The molecule has 100 valence electrons. The van der Waals surface area contributed by atoms with Gasteiger partial charge in [-0.25, -0.2) is 4.99 Å². The van der Waals surface area contributed by atoms with E-state index in [1.54, 1.807) is 0 Å². The van der Waals surface area contributed by atoms with Gasteiger partial charge in [0, 0.05) is 6.07 Å². The highest BCUT2D eigenvalue weighted by Crippen LogP contribution is 2.42. The molecule has 0 heterocycles. The van der Waals surface area contributed by atoms with Gasteiger partial charge in [-0.2, -0.15) is 13.2 Å². The first-order valence-corrected chi connectivity index (χ1v) is 4.72. The number of benzene rings is 1. The highest BCUT2D eigenvalue weighted by atomic mass is 19.4. The zero-order chi connectivity index (χ0) is 13.9. The first kappa shape index (κ1) is 13.9. The molecule has 0 aliphatic rings. The van der Waals surface area contributed by atoms with Crippen LogP contribution < -0.4 is 20.9 Å². The quantitative estimate of drug-likeness (QED) is 0.641. The first-order valence-electron chi connectivity index (χ1n) is 4.72. The summed E-state index contributed by atoms with van der Waals surface area (Å²) in [6.07, 6.45) is -4.58. The number of nitrogens with two attached hydrogens (primary N) is 2. The molecule has 5 nitrogen and oxygen atoms in total. The second-order valence-electron chi connectivity index (χ2n) is 3.26. The molecule has 8 heteroatoms. The number of aliphatic imine (C=N–C) groups is 1. The van der Waals surface area contributed by atoms with Gasteiger partial charge >= 0.3 is 6.18 Å². The Labute approximate surface area is 101 Å². The highest BCUT2D eigenvalue weighted by Gasteiger charge is 2.35. The van der Waals surface area contributed by atoms with E-state index in [1.165, 1.54) is 7.11 Å². The van der Waals surface area contributed by atoms with Crippen LogP contribution in [0, 0.1) is 0 Å². The number of alkyl halides is 3. The van der Waals surface area contributed by atoms with Crippen LogP contribution >= 0.6 is 0 Å². The molecule has 0 aliphatic heterocycles. The maximum Gasteiger partial charge on any atom is 0.420 e. The van der Waals surface area contributed by atoms with E-state index in [9.17, 15) is 13.2 Å². The van der Waals surface area contributed by atoms with E-state index < -0.39 is 11.7 Å². The number of hydrogen-bond donors (Lipinski definition) is 2. The summed E-state index contributed by atoms with van der Waals surface area (Å²) in [5, 5.41) is 0. The summed E-state index contributed by atoms with van der Waals surface area (Å²) in [6, 6.07) is 1.84. The second-order valence-corrected chi connectivity index (χ2v) is 3.26. The summed E-state index contributed by atoms with van der Waals surface area (Å²) in [6.45, 7) is 0.